The van der Waals surface area contributed by atoms with Crippen molar-refractivity contribution in [2.75, 3.05) is 19.6 Å². The molecule has 0 amide bonds. The molecule has 1 N–H and O–H groups in total. The van der Waals surface area contributed by atoms with Gasteiger partial charge in [0.25, 0.3) is 0 Å². The highest BCUT2D eigenvalue weighted by molar-refractivity contribution is 5.85. The summed E-state index contributed by atoms with van der Waals surface area (Å²) in [7, 11) is 0. The average Bonchev–Trinajstić information content (AvgIpc) is 2.88. The van der Waals surface area contributed by atoms with E-state index in [1.807, 2.05) is 18.2 Å². The van der Waals surface area contributed by atoms with E-state index in [9.17, 15) is 0 Å². The molecular weight excluding hydrogens is 272 g/mol. The third kappa shape index (κ3) is 3.63. The van der Waals surface area contributed by atoms with Gasteiger partial charge in [-0.2, -0.15) is 0 Å². The van der Waals surface area contributed by atoms with Crippen molar-refractivity contribution in [1.29, 1.82) is 0 Å². The first-order chi connectivity index (χ1) is 9.31. The van der Waals surface area contributed by atoms with Crippen molar-refractivity contribution in [1.82, 2.24) is 10.2 Å². The summed E-state index contributed by atoms with van der Waals surface area (Å²) in [5.41, 5.74) is 1.14. The van der Waals surface area contributed by atoms with Crippen molar-refractivity contribution in [2.24, 2.45) is 0 Å². The Kier molecular flexibility index (Phi) is 5.24. The Morgan fingerprint density at radius 2 is 2.00 bits per heavy atom. The number of halogens is 1. The fourth-order valence-corrected chi connectivity index (χ4v) is 2.60. The van der Waals surface area contributed by atoms with Gasteiger partial charge in [-0.3, -0.25) is 4.90 Å². The molecule has 1 aromatic carbocycles. The molecule has 4 heteroatoms. The molecule has 0 spiro atoms. The van der Waals surface area contributed by atoms with Gasteiger partial charge in [0.1, 0.15) is 11.5 Å². The molecule has 0 radical (unpaired) electrons. The molecule has 2 aromatic rings. The van der Waals surface area contributed by atoms with Gasteiger partial charge in [0.2, 0.25) is 0 Å². The van der Waals surface area contributed by atoms with Gasteiger partial charge in [0.05, 0.1) is 6.54 Å². The van der Waals surface area contributed by atoms with Crippen LogP contribution in [0.5, 0.6) is 0 Å². The second kappa shape index (κ2) is 6.93. The van der Waals surface area contributed by atoms with Crippen LogP contribution in [0.1, 0.15) is 12.7 Å². The minimum Gasteiger partial charge on any atom is -0.460 e. The Bertz CT molecular complexity index is 526. The van der Waals surface area contributed by atoms with Crippen LogP contribution in [-0.4, -0.2) is 30.6 Å². The summed E-state index contributed by atoms with van der Waals surface area (Å²) in [4.78, 5) is 2.44. The van der Waals surface area contributed by atoms with E-state index in [1.54, 1.807) is 0 Å². The molecule has 2 heterocycles. The molecule has 1 saturated heterocycles. The third-order valence-electron chi connectivity index (χ3n) is 3.55. The van der Waals surface area contributed by atoms with Crippen LogP contribution < -0.4 is 5.32 Å². The number of rotatable bonds is 3. The number of hydrogen-bond acceptors (Lipinski definition) is 3. The van der Waals surface area contributed by atoms with Gasteiger partial charge in [-0.25, -0.2) is 0 Å². The quantitative estimate of drug-likeness (QED) is 0.942. The first-order valence-corrected chi connectivity index (χ1v) is 6.91. The summed E-state index contributed by atoms with van der Waals surface area (Å²) < 4.78 is 5.95. The molecule has 0 saturated carbocycles. The highest BCUT2D eigenvalue weighted by Crippen LogP contribution is 2.22. The van der Waals surface area contributed by atoms with Gasteiger partial charge in [-0.1, -0.05) is 30.3 Å². The summed E-state index contributed by atoms with van der Waals surface area (Å²) in [5.74, 6) is 2.01. The zero-order valence-electron chi connectivity index (χ0n) is 11.7. The first kappa shape index (κ1) is 15.1. The van der Waals surface area contributed by atoms with Crippen LogP contribution in [-0.2, 0) is 6.54 Å². The van der Waals surface area contributed by atoms with Gasteiger partial charge in [0, 0.05) is 31.2 Å². The molecule has 1 fully saturated rings. The van der Waals surface area contributed by atoms with E-state index in [1.165, 1.54) is 0 Å². The molecular formula is C16H21ClN2O. The van der Waals surface area contributed by atoms with Crippen molar-refractivity contribution in [3.8, 4) is 11.3 Å². The number of nitrogens with zero attached hydrogens (tertiary/aromatic N) is 1. The Labute approximate surface area is 126 Å². The van der Waals surface area contributed by atoms with Crippen LogP contribution in [0.15, 0.2) is 46.9 Å². The lowest BCUT2D eigenvalue weighted by molar-refractivity contribution is 0.187. The van der Waals surface area contributed by atoms with Crippen molar-refractivity contribution < 1.29 is 4.42 Å². The Balaban J connectivity index is 0.00000147. The second-order valence-electron chi connectivity index (χ2n) is 5.22. The largest absolute Gasteiger partial charge is 0.460 e. The number of nitrogens with one attached hydrogen (secondary N) is 1. The number of furan rings is 1. The van der Waals surface area contributed by atoms with Crippen molar-refractivity contribution >= 4 is 12.4 Å². The molecule has 0 bridgehead atoms. The molecule has 1 aliphatic heterocycles. The molecule has 3 rings (SSSR count). The number of hydrogen-bond donors (Lipinski definition) is 1. The molecule has 0 unspecified atom stereocenters. The smallest absolute Gasteiger partial charge is 0.134 e. The van der Waals surface area contributed by atoms with E-state index in [4.69, 9.17) is 4.42 Å². The van der Waals surface area contributed by atoms with E-state index >= 15 is 0 Å². The highest BCUT2D eigenvalue weighted by atomic mass is 35.5. The maximum atomic E-state index is 5.95. The molecule has 108 valence electrons. The van der Waals surface area contributed by atoms with E-state index < -0.39 is 0 Å². The van der Waals surface area contributed by atoms with Crippen LogP contribution in [0.2, 0.25) is 0 Å². The summed E-state index contributed by atoms with van der Waals surface area (Å²) in [6.07, 6.45) is 0. The molecule has 3 nitrogen and oxygen atoms in total. The van der Waals surface area contributed by atoms with E-state index in [0.717, 1.165) is 43.3 Å². The second-order valence-corrected chi connectivity index (χ2v) is 5.22. The zero-order valence-corrected chi connectivity index (χ0v) is 12.5. The van der Waals surface area contributed by atoms with E-state index in [2.05, 4.69) is 41.4 Å². The first-order valence-electron chi connectivity index (χ1n) is 6.91. The minimum atomic E-state index is 0. The topological polar surface area (TPSA) is 28.4 Å². The zero-order chi connectivity index (χ0) is 13.1. The van der Waals surface area contributed by atoms with Crippen LogP contribution >= 0.6 is 12.4 Å². The minimum absolute atomic E-state index is 0. The van der Waals surface area contributed by atoms with Gasteiger partial charge in [-0.15, -0.1) is 12.4 Å². The fraction of sp³-hybridized carbons (Fsp3) is 0.375. The molecule has 1 atom stereocenters. The summed E-state index contributed by atoms with van der Waals surface area (Å²) in [5, 5.41) is 3.46. The predicted molar refractivity (Wildman–Crippen MR) is 84.1 cm³/mol. The lowest BCUT2D eigenvalue weighted by atomic mass is 10.2. The monoisotopic (exact) mass is 292 g/mol. The Hall–Kier alpha value is -1.29. The lowest BCUT2D eigenvalue weighted by Crippen LogP contribution is -2.48. The highest BCUT2D eigenvalue weighted by Gasteiger charge is 2.16. The molecule has 0 aliphatic carbocycles. The normalized spacial score (nSPS) is 19.6. The summed E-state index contributed by atoms with van der Waals surface area (Å²) >= 11 is 0. The average molecular weight is 293 g/mol. The third-order valence-corrected chi connectivity index (χ3v) is 3.55. The Morgan fingerprint density at radius 3 is 2.75 bits per heavy atom. The van der Waals surface area contributed by atoms with Crippen LogP contribution in [0.3, 0.4) is 0 Å². The summed E-state index contributed by atoms with van der Waals surface area (Å²) in [6.45, 7) is 6.36. The van der Waals surface area contributed by atoms with Crippen molar-refractivity contribution in [3.05, 3.63) is 48.2 Å². The SMILES string of the molecule is C[C@H]1CN(Cc2ccc(-c3ccccc3)o2)CCN1.Cl. The van der Waals surface area contributed by atoms with Crippen LogP contribution in [0.4, 0.5) is 0 Å². The van der Waals surface area contributed by atoms with Gasteiger partial charge in [0.15, 0.2) is 0 Å². The van der Waals surface area contributed by atoms with Crippen molar-refractivity contribution in [2.45, 2.75) is 19.5 Å². The van der Waals surface area contributed by atoms with E-state index in [0.29, 0.717) is 6.04 Å². The number of benzene rings is 1. The van der Waals surface area contributed by atoms with Crippen LogP contribution in [0.25, 0.3) is 11.3 Å². The molecule has 20 heavy (non-hydrogen) atoms. The maximum absolute atomic E-state index is 5.95. The predicted octanol–water partition coefficient (Wildman–Crippen LogP) is 3.16. The number of piperazine rings is 1. The Morgan fingerprint density at radius 1 is 1.20 bits per heavy atom. The maximum Gasteiger partial charge on any atom is 0.134 e. The van der Waals surface area contributed by atoms with Gasteiger partial charge >= 0.3 is 0 Å². The standard InChI is InChI=1S/C16H20N2O.ClH/c1-13-11-18(10-9-17-13)12-15-7-8-16(19-15)14-5-3-2-4-6-14;/h2-8,13,17H,9-12H2,1H3;1H/t13-;/m0./s1. The summed E-state index contributed by atoms with van der Waals surface area (Å²) in [6, 6.07) is 15.0. The van der Waals surface area contributed by atoms with E-state index in [-0.39, 0.29) is 12.4 Å². The fourth-order valence-electron chi connectivity index (χ4n) is 2.60. The molecule has 1 aromatic heterocycles. The lowest BCUT2D eigenvalue weighted by Gasteiger charge is -2.31. The van der Waals surface area contributed by atoms with Gasteiger partial charge in [-0.05, 0) is 19.1 Å². The van der Waals surface area contributed by atoms with Crippen LogP contribution in [0, 0.1) is 0 Å². The molecule has 1 aliphatic rings. The van der Waals surface area contributed by atoms with Crippen molar-refractivity contribution in [3.63, 3.8) is 0 Å². The van der Waals surface area contributed by atoms with Gasteiger partial charge < -0.3 is 9.73 Å².